The SMILES string of the molecule is CC1(C)C(N)CC1Nc1n[nH]c(=O)[nH]c1=O. The van der Waals surface area contributed by atoms with Crippen molar-refractivity contribution in [1.82, 2.24) is 15.2 Å². The van der Waals surface area contributed by atoms with Crippen LogP contribution in [0.25, 0.3) is 0 Å². The number of aromatic nitrogens is 3. The Hall–Kier alpha value is -1.63. The highest BCUT2D eigenvalue weighted by atomic mass is 16.2. The first-order valence-corrected chi connectivity index (χ1v) is 5.12. The third-order valence-corrected chi connectivity index (χ3v) is 3.37. The molecule has 5 N–H and O–H groups in total. The predicted octanol–water partition coefficient (Wildman–Crippen LogP) is -1.00. The molecule has 0 spiro atoms. The molecule has 2 rings (SSSR count). The van der Waals surface area contributed by atoms with E-state index in [2.05, 4.69) is 20.5 Å². The summed E-state index contributed by atoms with van der Waals surface area (Å²) in [6, 6.07) is 0.217. The highest BCUT2D eigenvalue weighted by Gasteiger charge is 2.46. The van der Waals surface area contributed by atoms with Gasteiger partial charge in [0, 0.05) is 17.5 Å². The molecule has 1 aromatic rings. The highest BCUT2D eigenvalue weighted by Crippen LogP contribution is 2.40. The van der Waals surface area contributed by atoms with Crippen LogP contribution in [0.4, 0.5) is 5.82 Å². The van der Waals surface area contributed by atoms with E-state index in [1.807, 2.05) is 13.8 Å². The number of rotatable bonds is 2. The molecule has 1 aromatic heterocycles. The highest BCUT2D eigenvalue weighted by molar-refractivity contribution is 5.33. The van der Waals surface area contributed by atoms with Crippen LogP contribution in [0.2, 0.25) is 0 Å². The summed E-state index contributed by atoms with van der Waals surface area (Å²) in [5.74, 6) is 0.129. The molecule has 16 heavy (non-hydrogen) atoms. The van der Waals surface area contributed by atoms with Crippen molar-refractivity contribution in [3.63, 3.8) is 0 Å². The van der Waals surface area contributed by atoms with E-state index < -0.39 is 11.2 Å². The lowest BCUT2D eigenvalue weighted by atomic mass is 9.63. The van der Waals surface area contributed by atoms with Crippen molar-refractivity contribution in [3.8, 4) is 0 Å². The number of aromatic amines is 2. The normalized spacial score (nSPS) is 27.2. The number of nitrogens with two attached hydrogens (primary N) is 1. The van der Waals surface area contributed by atoms with E-state index in [0.717, 1.165) is 6.42 Å². The summed E-state index contributed by atoms with van der Waals surface area (Å²) in [6.07, 6.45) is 0.785. The van der Waals surface area contributed by atoms with E-state index in [-0.39, 0.29) is 23.3 Å². The zero-order valence-corrected chi connectivity index (χ0v) is 9.20. The Bertz CT molecular complexity index is 503. The van der Waals surface area contributed by atoms with Gasteiger partial charge < -0.3 is 11.1 Å². The van der Waals surface area contributed by atoms with Crippen molar-refractivity contribution in [2.45, 2.75) is 32.4 Å². The molecule has 88 valence electrons. The first-order chi connectivity index (χ1) is 7.41. The summed E-state index contributed by atoms with van der Waals surface area (Å²) in [6.45, 7) is 4.05. The number of H-pyrrole nitrogens is 2. The third kappa shape index (κ3) is 1.63. The zero-order chi connectivity index (χ0) is 11.9. The van der Waals surface area contributed by atoms with E-state index in [9.17, 15) is 9.59 Å². The molecule has 7 nitrogen and oxygen atoms in total. The van der Waals surface area contributed by atoms with Crippen molar-refractivity contribution in [2.24, 2.45) is 11.1 Å². The second kappa shape index (κ2) is 3.44. The van der Waals surface area contributed by atoms with Crippen LogP contribution in [0.1, 0.15) is 20.3 Å². The average Bonchev–Trinajstić information content (AvgIpc) is 2.21. The van der Waals surface area contributed by atoms with Crippen LogP contribution in [0.3, 0.4) is 0 Å². The molecule has 7 heteroatoms. The number of hydrogen-bond donors (Lipinski definition) is 4. The van der Waals surface area contributed by atoms with Gasteiger partial charge in [-0.3, -0.25) is 9.78 Å². The Balaban J connectivity index is 2.17. The van der Waals surface area contributed by atoms with E-state index in [0.29, 0.717) is 0 Å². The van der Waals surface area contributed by atoms with Gasteiger partial charge in [0.05, 0.1) is 0 Å². The molecule has 0 aromatic carbocycles. The van der Waals surface area contributed by atoms with Crippen molar-refractivity contribution < 1.29 is 0 Å². The summed E-state index contributed by atoms with van der Waals surface area (Å²) < 4.78 is 0. The Labute approximate surface area is 91.5 Å². The minimum atomic E-state index is -0.611. The van der Waals surface area contributed by atoms with Crippen molar-refractivity contribution in [1.29, 1.82) is 0 Å². The summed E-state index contributed by atoms with van der Waals surface area (Å²) >= 11 is 0. The molecule has 1 saturated carbocycles. The van der Waals surface area contributed by atoms with Gasteiger partial charge in [0.15, 0.2) is 0 Å². The molecule has 1 aliphatic rings. The summed E-state index contributed by atoms with van der Waals surface area (Å²) in [4.78, 5) is 24.3. The van der Waals surface area contributed by atoms with Crippen molar-refractivity contribution in [2.75, 3.05) is 5.32 Å². The fraction of sp³-hybridized carbons (Fsp3) is 0.667. The largest absolute Gasteiger partial charge is 0.361 e. The van der Waals surface area contributed by atoms with Crippen LogP contribution in [0, 0.1) is 5.41 Å². The number of nitrogens with zero attached hydrogens (tertiary/aromatic N) is 1. The van der Waals surface area contributed by atoms with E-state index in [1.165, 1.54) is 0 Å². The topological polar surface area (TPSA) is 117 Å². The van der Waals surface area contributed by atoms with Crippen LogP contribution in [-0.4, -0.2) is 27.3 Å². The Morgan fingerprint density at radius 2 is 2.19 bits per heavy atom. The average molecular weight is 225 g/mol. The Kier molecular flexibility index (Phi) is 2.34. The maximum atomic E-state index is 11.4. The number of hydrogen-bond acceptors (Lipinski definition) is 5. The molecule has 2 atom stereocenters. The number of anilines is 1. The van der Waals surface area contributed by atoms with E-state index in [4.69, 9.17) is 5.73 Å². The van der Waals surface area contributed by atoms with Crippen molar-refractivity contribution in [3.05, 3.63) is 20.8 Å². The monoisotopic (exact) mass is 225 g/mol. The lowest BCUT2D eigenvalue weighted by molar-refractivity contribution is 0.117. The summed E-state index contributed by atoms with van der Waals surface area (Å²) in [5.41, 5.74) is 4.65. The molecule has 0 amide bonds. The lowest BCUT2D eigenvalue weighted by Crippen LogP contribution is -2.61. The summed E-state index contributed by atoms with van der Waals surface area (Å²) in [5, 5.41) is 8.82. The zero-order valence-electron chi connectivity index (χ0n) is 9.20. The molecular weight excluding hydrogens is 210 g/mol. The van der Waals surface area contributed by atoms with Gasteiger partial charge >= 0.3 is 5.69 Å². The van der Waals surface area contributed by atoms with Gasteiger partial charge in [-0.15, -0.1) is 5.10 Å². The first kappa shape index (κ1) is 10.9. The van der Waals surface area contributed by atoms with Crippen LogP contribution in [-0.2, 0) is 0 Å². The molecule has 0 bridgehead atoms. The second-order valence-electron chi connectivity index (χ2n) is 4.72. The van der Waals surface area contributed by atoms with Crippen molar-refractivity contribution >= 4 is 5.82 Å². The maximum absolute atomic E-state index is 11.4. The molecule has 2 unspecified atom stereocenters. The molecule has 0 saturated heterocycles. The molecular formula is C9H15N5O2. The quantitative estimate of drug-likeness (QED) is 0.515. The standard InChI is InChI=1S/C9H15N5O2/c1-9(2)4(10)3-5(9)11-6-7(15)12-8(16)14-13-6/h4-5H,3,10H2,1-2H3,(H,11,13)(H2,12,14,15,16). The van der Waals surface area contributed by atoms with Gasteiger partial charge in [-0.25, -0.2) is 9.89 Å². The fourth-order valence-corrected chi connectivity index (χ4v) is 1.81. The number of nitrogens with one attached hydrogen (secondary N) is 3. The van der Waals surface area contributed by atoms with Gasteiger partial charge in [0.2, 0.25) is 5.82 Å². The maximum Gasteiger partial charge on any atom is 0.342 e. The molecule has 1 fully saturated rings. The van der Waals surface area contributed by atoms with Gasteiger partial charge in [-0.1, -0.05) is 13.8 Å². The smallest absolute Gasteiger partial charge is 0.342 e. The first-order valence-electron chi connectivity index (χ1n) is 5.12. The predicted molar refractivity (Wildman–Crippen MR) is 59.3 cm³/mol. The molecule has 1 heterocycles. The van der Waals surface area contributed by atoms with Gasteiger partial charge in [0.1, 0.15) is 0 Å². The Morgan fingerprint density at radius 3 is 2.69 bits per heavy atom. The van der Waals surface area contributed by atoms with Gasteiger partial charge in [-0.2, -0.15) is 0 Å². The van der Waals surface area contributed by atoms with E-state index >= 15 is 0 Å². The lowest BCUT2D eigenvalue weighted by Gasteiger charge is -2.50. The van der Waals surface area contributed by atoms with Crippen LogP contribution in [0.15, 0.2) is 9.59 Å². The van der Waals surface area contributed by atoms with Crippen LogP contribution in [0.5, 0.6) is 0 Å². The van der Waals surface area contributed by atoms with Gasteiger partial charge in [-0.05, 0) is 6.42 Å². The van der Waals surface area contributed by atoms with Crippen LogP contribution < -0.4 is 22.3 Å². The second-order valence-corrected chi connectivity index (χ2v) is 4.72. The summed E-state index contributed by atoms with van der Waals surface area (Å²) in [7, 11) is 0. The fourth-order valence-electron chi connectivity index (χ4n) is 1.81. The Morgan fingerprint density at radius 1 is 1.50 bits per heavy atom. The molecule has 0 radical (unpaired) electrons. The third-order valence-electron chi connectivity index (χ3n) is 3.37. The molecule has 0 aliphatic heterocycles. The minimum absolute atomic E-state index is 0.0791. The minimum Gasteiger partial charge on any atom is -0.361 e. The molecule has 1 aliphatic carbocycles. The van der Waals surface area contributed by atoms with Gasteiger partial charge in [0.25, 0.3) is 5.56 Å². The van der Waals surface area contributed by atoms with E-state index in [1.54, 1.807) is 0 Å². The van der Waals surface area contributed by atoms with Crippen LogP contribution >= 0.6 is 0 Å².